The molecule has 0 aliphatic heterocycles. The fraction of sp³-hybridized carbons (Fsp3) is 0.0714. The normalized spacial score (nSPS) is 10.5. The molecule has 0 radical (unpaired) electrons. The van der Waals surface area contributed by atoms with Crippen LogP contribution in [-0.4, -0.2) is 16.1 Å². The maximum atomic E-state index is 12.8. The standard InChI is InChI=1S/C14H10FN3OS2/c15-10-5-3-9(4-6-10)8-12-17-18-14(21-12)16-13(19)11-2-1-7-20-11/h1-7H,8H2,(H,16,18,19). The van der Waals surface area contributed by atoms with Crippen LogP contribution in [0.1, 0.15) is 20.2 Å². The number of hydrogen-bond acceptors (Lipinski definition) is 5. The molecule has 1 N–H and O–H groups in total. The third kappa shape index (κ3) is 3.50. The van der Waals surface area contributed by atoms with Gasteiger partial charge in [0.1, 0.15) is 10.8 Å². The smallest absolute Gasteiger partial charge is 0.267 e. The molecule has 1 amide bonds. The Labute approximate surface area is 128 Å². The van der Waals surface area contributed by atoms with Crippen LogP contribution in [0.4, 0.5) is 9.52 Å². The summed E-state index contributed by atoms with van der Waals surface area (Å²) < 4.78 is 12.8. The summed E-state index contributed by atoms with van der Waals surface area (Å²) in [6.07, 6.45) is 0.562. The molecule has 3 aromatic rings. The molecule has 4 nitrogen and oxygen atoms in total. The van der Waals surface area contributed by atoms with Gasteiger partial charge in [0.2, 0.25) is 5.13 Å². The largest absolute Gasteiger partial charge is 0.296 e. The maximum Gasteiger partial charge on any atom is 0.267 e. The van der Waals surface area contributed by atoms with E-state index in [4.69, 9.17) is 0 Å². The summed E-state index contributed by atoms with van der Waals surface area (Å²) in [5.74, 6) is -0.450. The summed E-state index contributed by atoms with van der Waals surface area (Å²) in [5, 5.41) is 13.8. The molecule has 0 spiro atoms. The number of anilines is 1. The summed E-state index contributed by atoms with van der Waals surface area (Å²) >= 11 is 2.68. The highest BCUT2D eigenvalue weighted by atomic mass is 32.1. The summed E-state index contributed by atoms with van der Waals surface area (Å²) in [7, 11) is 0. The van der Waals surface area contributed by atoms with Gasteiger partial charge in [0.25, 0.3) is 5.91 Å². The topological polar surface area (TPSA) is 54.9 Å². The van der Waals surface area contributed by atoms with E-state index >= 15 is 0 Å². The van der Waals surface area contributed by atoms with Crippen LogP contribution in [0.25, 0.3) is 0 Å². The summed E-state index contributed by atoms with van der Waals surface area (Å²) in [6, 6.07) is 9.81. The van der Waals surface area contributed by atoms with Crippen LogP contribution in [0.3, 0.4) is 0 Å². The van der Waals surface area contributed by atoms with Crippen molar-refractivity contribution in [3.63, 3.8) is 0 Å². The molecular weight excluding hydrogens is 309 g/mol. The Morgan fingerprint density at radius 1 is 1.19 bits per heavy atom. The minimum atomic E-state index is -0.264. The Morgan fingerprint density at radius 2 is 2.00 bits per heavy atom. The molecule has 7 heteroatoms. The van der Waals surface area contributed by atoms with Crippen LogP contribution >= 0.6 is 22.7 Å². The van der Waals surface area contributed by atoms with E-state index in [1.54, 1.807) is 18.2 Å². The number of rotatable bonds is 4. The second kappa shape index (κ2) is 6.11. The Balaban J connectivity index is 1.66. The van der Waals surface area contributed by atoms with Gasteiger partial charge in [-0.2, -0.15) is 0 Å². The van der Waals surface area contributed by atoms with Crippen molar-refractivity contribution in [2.45, 2.75) is 6.42 Å². The van der Waals surface area contributed by atoms with Gasteiger partial charge in [-0.05, 0) is 29.1 Å². The first-order chi connectivity index (χ1) is 10.2. The second-order valence-electron chi connectivity index (χ2n) is 4.24. The zero-order valence-electron chi connectivity index (χ0n) is 10.7. The number of carbonyl (C=O) groups is 1. The van der Waals surface area contributed by atoms with Crippen LogP contribution in [0.2, 0.25) is 0 Å². The Kier molecular flexibility index (Phi) is 4.03. The quantitative estimate of drug-likeness (QED) is 0.799. The van der Waals surface area contributed by atoms with Gasteiger partial charge in [0.15, 0.2) is 0 Å². The highest BCUT2D eigenvalue weighted by Gasteiger charge is 2.11. The molecule has 1 aromatic carbocycles. The predicted octanol–water partition coefficient (Wildman–Crippen LogP) is 3.58. The van der Waals surface area contributed by atoms with E-state index in [0.717, 1.165) is 10.6 Å². The molecule has 2 aromatic heterocycles. The average molecular weight is 319 g/mol. The van der Waals surface area contributed by atoms with E-state index in [-0.39, 0.29) is 11.7 Å². The van der Waals surface area contributed by atoms with Crippen molar-refractivity contribution in [1.29, 1.82) is 0 Å². The first kappa shape index (κ1) is 13.8. The molecule has 106 valence electrons. The summed E-state index contributed by atoms with van der Waals surface area (Å²) in [4.78, 5) is 12.5. The van der Waals surface area contributed by atoms with E-state index in [1.807, 2.05) is 11.4 Å². The second-order valence-corrected chi connectivity index (χ2v) is 6.25. The van der Waals surface area contributed by atoms with Gasteiger partial charge in [0, 0.05) is 6.42 Å². The van der Waals surface area contributed by atoms with Crippen molar-refractivity contribution in [2.75, 3.05) is 5.32 Å². The molecule has 21 heavy (non-hydrogen) atoms. The lowest BCUT2D eigenvalue weighted by Crippen LogP contribution is -2.09. The third-order valence-electron chi connectivity index (χ3n) is 2.70. The van der Waals surface area contributed by atoms with Gasteiger partial charge in [-0.25, -0.2) is 4.39 Å². The van der Waals surface area contributed by atoms with Gasteiger partial charge in [-0.3, -0.25) is 10.1 Å². The molecule has 0 atom stereocenters. The number of carbonyl (C=O) groups excluding carboxylic acids is 1. The number of aromatic nitrogens is 2. The van der Waals surface area contributed by atoms with Gasteiger partial charge >= 0.3 is 0 Å². The summed E-state index contributed by atoms with van der Waals surface area (Å²) in [6.45, 7) is 0. The molecule has 0 aliphatic carbocycles. The minimum absolute atomic E-state index is 0.186. The van der Waals surface area contributed by atoms with Crippen molar-refractivity contribution in [3.05, 3.63) is 63.0 Å². The van der Waals surface area contributed by atoms with Crippen LogP contribution in [0.5, 0.6) is 0 Å². The monoisotopic (exact) mass is 319 g/mol. The number of amides is 1. The highest BCUT2D eigenvalue weighted by molar-refractivity contribution is 7.15. The highest BCUT2D eigenvalue weighted by Crippen LogP contribution is 2.20. The third-order valence-corrected chi connectivity index (χ3v) is 4.41. The molecular formula is C14H10FN3OS2. The van der Waals surface area contributed by atoms with E-state index in [0.29, 0.717) is 16.4 Å². The van der Waals surface area contributed by atoms with Gasteiger partial charge in [-0.15, -0.1) is 21.5 Å². The van der Waals surface area contributed by atoms with Crippen LogP contribution in [0, 0.1) is 5.82 Å². The Morgan fingerprint density at radius 3 is 2.71 bits per heavy atom. The van der Waals surface area contributed by atoms with Crippen molar-refractivity contribution < 1.29 is 9.18 Å². The SMILES string of the molecule is O=C(Nc1nnc(Cc2ccc(F)cc2)s1)c1cccs1. The van der Waals surface area contributed by atoms with Gasteiger partial charge < -0.3 is 0 Å². The van der Waals surface area contributed by atoms with Crippen LogP contribution in [-0.2, 0) is 6.42 Å². The van der Waals surface area contributed by atoms with Crippen LogP contribution < -0.4 is 5.32 Å². The van der Waals surface area contributed by atoms with E-state index in [1.165, 1.54) is 34.8 Å². The number of benzene rings is 1. The lowest BCUT2D eigenvalue weighted by Gasteiger charge is -1.97. The molecule has 0 saturated heterocycles. The predicted molar refractivity (Wildman–Crippen MR) is 81.4 cm³/mol. The zero-order chi connectivity index (χ0) is 14.7. The van der Waals surface area contributed by atoms with Gasteiger partial charge in [-0.1, -0.05) is 29.5 Å². The van der Waals surface area contributed by atoms with Crippen molar-refractivity contribution in [1.82, 2.24) is 10.2 Å². The molecule has 3 rings (SSSR count). The van der Waals surface area contributed by atoms with E-state index in [2.05, 4.69) is 15.5 Å². The molecule has 0 saturated carbocycles. The zero-order valence-corrected chi connectivity index (χ0v) is 12.4. The molecule has 0 bridgehead atoms. The number of nitrogens with zero attached hydrogens (tertiary/aromatic N) is 2. The first-order valence-electron chi connectivity index (χ1n) is 6.12. The Hall–Kier alpha value is -2.12. The number of thiophene rings is 1. The minimum Gasteiger partial charge on any atom is -0.296 e. The van der Waals surface area contributed by atoms with Crippen molar-refractivity contribution in [3.8, 4) is 0 Å². The molecule has 2 heterocycles. The van der Waals surface area contributed by atoms with E-state index < -0.39 is 0 Å². The average Bonchev–Trinajstić information content (AvgIpc) is 3.13. The molecule has 0 fully saturated rings. The number of nitrogens with one attached hydrogen (secondary N) is 1. The van der Waals surface area contributed by atoms with Crippen molar-refractivity contribution >= 4 is 33.7 Å². The Bertz CT molecular complexity index is 738. The van der Waals surface area contributed by atoms with Crippen LogP contribution in [0.15, 0.2) is 41.8 Å². The molecule has 0 aliphatic rings. The lowest BCUT2D eigenvalue weighted by atomic mass is 10.2. The van der Waals surface area contributed by atoms with Crippen molar-refractivity contribution in [2.24, 2.45) is 0 Å². The number of halogens is 1. The first-order valence-corrected chi connectivity index (χ1v) is 7.82. The maximum absolute atomic E-state index is 12.8. The molecule has 0 unspecified atom stereocenters. The van der Waals surface area contributed by atoms with Gasteiger partial charge in [0.05, 0.1) is 4.88 Å². The fourth-order valence-electron chi connectivity index (χ4n) is 1.72. The summed E-state index contributed by atoms with van der Waals surface area (Å²) in [5.41, 5.74) is 0.948. The number of hydrogen-bond donors (Lipinski definition) is 1. The fourth-order valence-corrected chi connectivity index (χ4v) is 3.11. The lowest BCUT2D eigenvalue weighted by molar-refractivity contribution is 0.103. The van der Waals surface area contributed by atoms with E-state index in [9.17, 15) is 9.18 Å².